The highest BCUT2D eigenvalue weighted by Gasteiger charge is 2.28. The Morgan fingerprint density at radius 2 is 1.94 bits per heavy atom. The zero-order chi connectivity index (χ0) is 11.9. The molecule has 3 nitrogen and oxygen atoms in total. The van der Waals surface area contributed by atoms with Crippen LogP contribution in [0.3, 0.4) is 0 Å². The van der Waals surface area contributed by atoms with E-state index < -0.39 is 0 Å². The van der Waals surface area contributed by atoms with Gasteiger partial charge in [0, 0.05) is 24.0 Å². The maximum Gasteiger partial charge on any atom is 0.185 e. The fraction of sp³-hybridized carbons (Fsp3) is 0.750. The number of hydrogen-bond donors (Lipinski definition) is 1. The second-order valence-corrected chi connectivity index (χ2v) is 6.10. The Kier molecular flexibility index (Phi) is 3.22. The number of nitrogens with zero attached hydrogens (tertiary/aromatic N) is 2. The molecule has 0 bridgehead atoms. The lowest BCUT2D eigenvalue weighted by molar-refractivity contribution is 0.494. The number of aromatic nitrogens is 1. The molecule has 2 rings (SSSR count). The van der Waals surface area contributed by atoms with E-state index >= 15 is 0 Å². The Labute approximate surface area is 102 Å². The largest absolute Gasteiger partial charge is 0.348 e. The van der Waals surface area contributed by atoms with Gasteiger partial charge in [0.2, 0.25) is 0 Å². The molecule has 1 aromatic heterocycles. The quantitative estimate of drug-likeness (QED) is 0.862. The summed E-state index contributed by atoms with van der Waals surface area (Å²) < 4.78 is 0. The van der Waals surface area contributed by atoms with E-state index in [9.17, 15) is 0 Å². The van der Waals surface area contributed by atoms with Crippen LogP contribution in [-0.2, 0) is 0 Å². The van der Waals surface area contributed by atoms with E-state index in [4.69, 9.17) is 5.73 Å². The number of aryl methyl sites for hydroxylation is 1. The third-order valence-electron chi connectivity index (χ3n) is 3.49. The van der Waals surface area contributed by atoms with Gasteiger partial charge in [-0.15, -0.1) is 11.3 Å². The Balaban J connectivity index is 2.19. The van der Waals surface area contributed by atoms with Crippen molar-refractivity contribution in [2.24, 2.45) is 17.6 Å². The minimum atomic E-state index is 0.101. The maximum atomic E-state index is 5.93. The highest BCUT2D eigenvalue weighted by atomic mass is 32.1. The smallest absolute Gasteiger partial charge is 0.185 e. The fourth-order valence-electron chi connectivity index (χ4n) is 2.24. The molecule has 1 aliphatic rings. The number of nitrogens with two attached hydrogens (primary N) is 1. The van der Waals surface area contributed by atoms with Crippen molar-refractivity contribution >= 4 is 16.5 Å². The summed E-state index contributed by atoms with van der Waals surface area (Å²) in [7, 11) is 0. The molecule has 2 N–H and O–H groups in total. The summed E-state index contributed by atoms with van der Waals surface area (Å²) in [6.07, 6.45) is 0. The molecule has 1 aromatic rings. The van der Waals surface area contributed by atoms with Gasteiger partial charge in [-0.05, 0) is 25.7 Å². The summed E-state index contributed by atoms with van der Waals surface area (Å²) in [5.74, 6) is 1.53. The molecule has 2 heterocycles. The summed E-state index contributed by atoms with van der Waals surface area (Å²) in [6, 6.07) is 0.101. The molecule has 0 aliphatic carbocycles. The van der Waals surface area contributed by atoms with Gasteiger partial charge in [0.1, 0.15) is 0 Å². The molecule has 0 amide bonds. The van der Waals surface area contributed by atoms with Crippen molar-refractivity contribution in [2.75, 3.05) is 18.0 Å². The Morgan fingerprint density at radius 3 is 2.38 bits per heavy atom. The van der Waals surface area contributed by atoms with E-state index in [1.54, 1.807) is 11.3 Å². The van der Waals surface area contributed by atoms with Crippen molar-refractivity contribution in [3.63, 3.8) is 0 Å². The van der Waals surface area contributed by atoms with E-state index in [1.807, 2.05) is 6.92 Å². The first-order valence-corrected chi connectivity index (χ1v) is 6.78. The van der Waals surface area contributed by atoms with Crippen LogP contribution in [0.15, 0.2) is 0 Å². The maximum absolute atomic E-state index is 5.93. The predicted octanol–water partition coefficient (Wildman–Crippen LogP) is 2.56. The van der Waals surface area contributed by atoms with Crippen LogP contribution in [0.4, 0.5) is 5.13 Å². The molecule has 0 spiro atoms. The summed E-state index contributed by atoms with van der Waals surface area (Å²) in [5, 5.41) is 1.15. The van der Waals surface area contributed by atoms with Gasteiger partial charge in [0.05, 0.1) is 5.69 Å². The van der Waals surface area contributed by atoms with Crippen LogP contribution >= 0.6 is 11.3 Å². The van der Waals surface area contributed by atoms with E-state index in [2.05, 4.69) is 30.7 Å². The standard InChI is InChI=1S/C12H21N3S/c1-7-5-15(6-8(7)2)12-14-10(4)11(16-12)9(3)13/h7-9H,5-6,13H2,1-4H3. The van der Waals surface area contributed by atoms with Crippen molar-refractivity contribution in [2.45, 2.75) is 33.7 Å². The molecule has 3 unspecified atom stereocenters. The Bertz CT molecular complexity index is 362. The molecule has 0 radical (unpaired) electrons. The SMILES string of the molecule is Cc1nc(N2CC(C)C(C)C2)sc1C(C)N. The molecule has 1 fully saturated rings. The van der Waals surface area contributed by atoms with Gasteiger partial charge in [-0.2, -0.15) is 0 Å². The van der Waals surface area contributed by atoms with Crippen LogP contribution in [-0.4, -0.2) is 18.1 Å². The molecule has 3 atom stereocenters. The van der Waals surface area contributed by atoms with Gasteiger partial charge >= 0.3 is 0 Å². The van der Waals surface area contributed by atoms with Crippen molar-refractivity contribution in [3.05, 3.63) is 10.6 Å². The van der Waals surface area contributed by atoms with E-state index in [-0.39, 0.29) is 6.04 Å². The van der Waals surface area contributed by atoms with Crippen LogP contribution in [0.5, 0.6) is 0 Å². The summed E-state index contributed by atoms with van der Waals surface area (Å²) in [6.45, 7) is 11.0. The van der Waals surface area contributed by atoms with Gasteiger partial charge in [-0.25, -0.2) is 4.98 Å². The first-order valence-electron chi connectivity index (χ1n) is 5.97. The van der Waals surface area contributed by atoms with Gasteiger partial charge in [-0.1, -0.05) is 13.8 Å². The molecule has 1 aliphatic heterocycles. The highest BCUT2D eigenvalue weighted by molar-refractivity contribution is 7.15. The second kappa shape index (κ2) is 4.34. The summed E-state index contributed by atoms with van der Waals surface area (Å²) >= 11 is 1.76. The van der Waals surface area contributed by atoms with Gasteiger partial charge < -0.3 is 10.6 Å². The number of rotatable bonds is 2. The van der Waals surface area contributed by atoms with Crippen LogP contribution in [0.2, 0.25) is 0 Å². The minimum absolute atomic E-state index is 0.101. The van der Waals surface area contributed by atoms with Gasteiger partial charge in [0.25, 0.3) is 0 Å². The van der Waals surface area contributed by atoms with Crippen molar-refractivity contribution < 1.29 is 0 Å². The molecule has 0 saturated carbocycles. The molecule has 4 heteroatoms. The molecule has 90 valence electrons. The average Bonchev–Trinajstić information content (AvgIpc) is 2.71. The number of hydrogen-bond acceptors (Lipinski definition) is 4. The molecular weight excluding hydrogens is 218 g/mol. The van der Waals surface area contributed by atoms with Gasteiger partial charge in [0.15, 0.2) is 5.13 Å². The second-order valence-electron chi connectivity index (χ2n) is 5.09. The van der Waals surface area contributed by atoms with Gasteiger partial charge in [-0.3, -0.25) is 0 Å². The molecule has 1 saturated heterocycles. The third kappa shape index (κ3) is 2.09. The predicted molar refractivity (Wildman–Crippen MR) is 70.0 cm³/mol. The summed E-state index contributed by atoms with van der Waals surface area (Å²) in [4.78, 5) is 8.27. The van der Waals surface area contributed by atoms with Crippen LogP contribution in [0, 0.1) is 18.8 Å². The monoisotopic (exact) mass is 239 g/mol. The van der Waals surface area contributed by atoms with E-state index in [0.29, 0.717) is 0 Å². The first kappa shape index (κ1) is 11.9. The van der Waals surface area contributed by atoms with E-state index in [0.717, 1.165) is 35.8 Å². The normalized spacial score (nSPS) is 27.4. The number of anilines is 1. The molecule has 0 aromatic carbocycles. The Hall–Kier alpha value is -0.610. The van der Waals surface area contributed by atoms with Crippen molar-refractivity contribution in [1.82, 2.24) is 4.98 Å². The van der Waals surface area contributed by atoms with Crippen LogP contribution in [0.25, 0.3) is 0 Å². The van der Waals surface area contributed by atoms with E-state index in [1.165, 1.54) is 4.88 Å². The zero-order valence-corrected chi connectivity index (χ0v) is 11.3. The molecular formula is C12H21N3S. The average molecular weight is 239 g/mol. The van der Waals surface area contributed by atoms with Crippen molar-refractivity contribution in [1.29, 1.82) is 0 Å². The fourth-order valence-corrected chi connectivity index (χ4v) is 3.27. The van der Waals surface area contributed by atoms with Crippen LogP contribution < -0.4 is 10.6 Å². The van der Waals surface area contributed by atoms with Crippen molar-refractivity contribution in [3.8, 4) is 0 Å². The lowest BCUT2D eigenvalue weighted by atomic mass is 10.0. The molecule has 16 heavy (non-hydrogen) atoms. The highest BCUT2D eigenvalue weighted by Crippen LogP contribution is 2.34. The summed E-state index contributed by atoms with van der Waals surface area (Å²) in [5.41, 5.74) is 7.03. The third-order valence-corrected chi connectivity index (χ3v) is 4.91. The lowest BCUT2D eigenvalue weighted by Gasteiger charge is -2.13. The zero-order valence-electron chi connectivity index (χ0n) is 10.5. The van der Waals surface area contributed by atoms with Crippen LogP contribution in [0.1, 0.15) is 37.4 Å². The minimum Gasteiger partial charge on any atom is -0.348 e. The Morgan fingerprint density at radius 1 is 1.38 bits per heavy atom. The topological polar surface area (TPSA) is 42.2 Å². The number of thiazole rings is 1. The first-order chi connectivity index (χ1) is 7.49. The lowest BCUT2D eigenvalue weighted by Crippen LogP contribution is -2.19.